The number of hydrogen-bond donors (Lipinski definition) is 6. The van der Waals surface area contributed by atoms with Gasteiger partial charge < -0.3 is 31.9 Å². The molecular weight excluding hydrogens is 947 g/mol. The van der Waals surface area contributed by atoms with Crippen molar-refractivity contribution >= 4 is 17.5 Å². The Labute approximate surface area is 459 Å². The number of allylic oxidation sites excluding steroid dienone is 11. The highest BCUT2D eigenvalue weighted by Crippen LogP contribution is 2.35. The second-order valence-electron chi connectivity index (χ2n) is 22.1. The van der Waals surface area contributed by atoms with Crippen molar-refractivity contribution in [3.05, 3.63) is 175 Å². The zero-order chi connectivity index (χ0) is 57.7. The van der Waals surface area contributed by atoms with Crippen LogP contribution in [-0.4, -0.2) is 67.3 Å². The summed E-state index contributed by atoms with van der Waals surface area (Å²) in [5.41, 5.74) is 16.0. The molecule has 420 valence electrons. The Morgan fingerprint density at radius 3 is 1.36 bits per heavy atom. The fourth-order valence-electron chi connectivity index (χ4n) is 10.4. The largest absolute Gasteiger partial charge is 0.403 e. The molecule has 1 aromatic carbocycles. The second-order valence-corrected chi connectivity index (χ2v) is 22.1. The van der Waals surface area contributed by atoms with Gasteiger partial charge in [-0.1, -0.05) is 197 Å². The number of hydrogen-bond acceptors (Lipinski definition) is 9. The number of carbonyl (C=O) groups is 3. The Morgan fingerprint density at radius 2 is 0.961 bits per heavy atom. The van der Waals surface area contributed by atoms with E-state index in [0.29, 0.717) is 25.0 Å². The molecule has 0 spiro atoms. The molecule has 16 unspecified atom stereocenters. The molecule has 8 N–H and O–H groups in total. The number of rotatable bonds is 34. The van der Waals surface area contributed by atoms with Crippen molar-refractivity contribution in [1.29, 1.82) is 0 Å². The SMILES string of the molecule is C=C/C=C\C(C)C(CC(=C)N)C(C)C(O)C(C)C/C(C)=C\C(C)C(O)C(C)/C=C\C(=O)Cc1ccccc1.C=C/C=C\C(C)C(CC(N)=O)C(C)C(O)C(C)C/C(C)=C\C(C)C(O)C(C)/C=C\C(=O)Cc1ccccn1. The predicted octanol–water partition coefficient (Wildman–Crippen LogP) is 12.0. The average molecular weight is 1050 g/mol. The van der Waals surface area contributed by atoms with Crippen molar-refractivity contribution in [2.24, 2.45) is 82.5 Å². The summed E-state index contributed by atoms with van der Waals surface area (Å²) in [7, 11) is 0. The first kappa shape index (κ1) is 68.5. The van der Waals surface area contributed by atoms with Crippen LogP contribution >= 0.6 is 0 Å². The molecule has 0 bridgehead atoms. The lowest BCUT2D eigenvalue weighted by molar-refractivity contribution is -0.120. The van der Waals surface area contributed by atoms with E-state index in [1.54, 1.807) is 36.6 Å². The van der Waals surface area contributed by atoms with Crippen molar-refractivity contribution in [2.45, 2.75) is 146 Å². The number of ketones is 2. The van der Waals surface area contributed by atoms with E-state index in [2.05, 4.69) is 64.6 Å². The van der Waals surface area contributed by atoms with E-state index in [4.69, 9.17) is 11.5 Å². The summed E-state index contributed by atoms with van der Waals surface area (Å²) in [5, 5.41) is 44.1. The van der Waals surface area contributed by atoms with Gasteiger partial charge in [0.25, 0.3) is 0 Å². The molecule has 2 aromatic rings. The molecule has 10 nitrogen and oxygen atoms in total. The number of benzene rings is 1. The van der Waals surface area contributed by atoms with Crippen molar-refractivity contribution < 1.29 is 34.8 Å². The van der Waals surface area contributed by atoms with Crippen LogP contribution in [0.2, 0.25) is 0 Å². The summed E-state index contributed by atoms with van der Waals surface area (Å²) in [6, 6.07) is 15.1. The number of carbonyl (C=O) groups excluding carboxylic acids is 3. The third-order valence-corrected chi connectivity index (χ3v) is 15.0. The van der Waals surface area contributed by atoms with Gasteiger partial charge >= 0.3 is 0 Å². The molecule has 76 heavy (non-hydrogen) atoms. The maximum atomic E-state index is 12.3. The van der Waals surface area contributed by atoms with E-state index in [-0.39, 0.29) is 101 Å². The summed E-state index contributed by atoms with van der Waals surface area (Å²) in [6.45, 7) is 35.5. The maximum absolute atomic E-state index is 12.3. The molecule has 0 aliphatic heterocycles. The Balaban J connectivity index is 0.000000760. The van der Waals surface area contributed by atoms with E-state index in [0.717, 1.165) is 28.8 Å². The minimum atomic E-state index is -0.652. The fraction of sp³-hybridized carbons (Fsp3) is 0.515. The number of aliphatic hydroxyl groups excluding tert-OH is 4. The summed E-state index contributed by atoms with van der Waals surface area (Å²) in [4.78, 5) is 40.4. The van der Waals surface area contributed by atoms with Crippen LogP contribution in [0.15, 0.2) is 164 Å². The van der Waals surface area contributed by atoms with E-state index in [9.17, 15) is 34.8 Å². The Hall–Kier alpha value is -5.52. The summed E-state index contributed by atoms with van der Waals surface area (Å²) in [5.74, 6) is -0.704. The molecule has 10 heteroatoms. The first-order valence-electron chi connectivity index (χ1n) is 27.5. The van der Waals surface area contributed by atoms with Gasteiger partial charge in [0.2, 0.25) is 5.91 Å². The molecule has 1 aromatic heterocycles. The zero-order valence-corrected chi connectivity index (χ0v) is 48.3. The molecule has 0 fully saturated rings. The van der Waals surface area contributed by atoms with Crippen LogP contribution in [0, 0.1) is 71.0 Å². The van der Waals surface area contributed by atoms with Crippen LogP contribution in [0.25, 0.3) is 0 Å². The van der Waals surface area contributed by atoms with Crippen LogP contribution in [0.4, 0.5) is 0 Å². The number of pyridine rings is 1. The topological polar surface area (TPSA) is 197 Å². The van der Waals surface area contributed by atoms with Gasteiger partial charge in [-0.3, -0.25) is 19.4 Å². The van der Waals surface area contributed by atoms with Crippen molar-refractivity contribution in [2.75, 3.05) is 0 Å². The van der Waals surface area contributed by atoms with Gasteiger partial charge in [-0.15, -0.1) is 0 Å². The normalized spacial score (nSPS) is 18.9. The minimum absolute atomic E-state index is 0.0253. The molecule has 0 aliphatic rings. The number of amides is 1. The molecule has 0 saturated carbocycles. The van der Waals surface area contributed by atoms with E-state index >= 15 is 0 Å². The third kappa shape index (κ3) is 26.5. The van der Waals surface area contributed by atoms with Crippen LogP contribution in [0.5, 0.6) is 0 Å². The van der Waals surface area contributed by atoms with Crippen LogP contribution in [0.1, 0.15) is 120 Å². The number of primary amides is 1. The van der Waals surface area contributed by atoms with Gasteiger partial charge in [0.15, 0.2) is 11.6 Å². The molecule has 1 heterocycles. The molecule has 0 radical (unpaired) electrons. The van der Waals surface area contributed by atoms with Crippen LogP contribution < -0.4 is 11.5 Å². The number of aromatic nitrogens is 1. The summed E-state index contributed by atoms with van der Waals surface area (Å²) in [6.07, 6.45) is 24.3. The Morgan fingerprint density at radius 1 is 0.539 bits per heavy atom. The van der Waals surface area contributed by atoms with Gasteiger partial charge in [0, 0.05) is 54.1 Å². The van der Waals surface area contributed by atoms with Gasteiger partial charge in [-0.25, -0.2) is 0 Å². The molecule has 2 rings (SSSR count). The molecular formula is C66H99N3O7. The maximum Gasteiger partial charge on any atom is 0.217 e. The van der Waals surface area contributed by atoms with Gasteiger partial charge in [0.05, 0.1) is 30.8 Å². The van der Waals surface area contributed by atoms with Gasteiger partial charge in [-0.2, -0.15) is 0 Å². The van der Waals surface area contributed by atoms with Crippen LogP contribution in [0.3, 0.4) is 0 Å². The highest BCUT2D eigenvalue weighted by Gasteiger charge is 2.33. The predicted molar refractivity (Wildman–Crippen MR) is 316 cm³/mol. The second kappa shape index (κ2) is 36.5. The zero-order valence-electron chi connectivity index (χ0n) is 48.3. The molecule has 16 atom stereocenters. The lowest BCUT2D eigenvalue weighted by Gasteiger charge is -2.34. The quantitative estimate of drug-likeness (QED) is 0.0224. The molecule has 0 aliphatic carbocycles. The monoisotopic (exact) mass is 1050 g/mol. The van der Waals surface area contributed by atoms with Crippen LogP contribution in [-0.2, 0) is 27.2 Å². The average Bonchev–Trinajstić information content (AvgIpc) is 3.37. The minimum Gasteiger partial charge on any atom is -0.403 e. The third-order valence-electron chi connectivity index (χ3n) is 15.0. The Bertz CT molecular complexity index is 2090. The lowest BCUT2D eigenvalue weighted by atomic mass is 9.74. The molecule has 0 saturated heterocycles. The van der Waals surface area contributed by atoms with E-state index in [1.165, 1.54) is 6.08 Å². The van der Waals surface area contributed by atoms with Crippen molar-refractivity contribution in [1.82, 2.24) is 4.98 Å². The van der Waals surface area contributed by atoms with Gasteiger partial charge in [-0.05, 0) is 110 Å². The first-order valence-corrected chi connectivity index (χ1v) is 27.5. The number of nitrogens with two attached hydrogens (primary N) is 2. The van der Waals surface area contributed by atoms with E-state index in [1.807, 2.05) is 128 Å². The lowest BCUT2D eigenvalue weighted by Crippen LogP contribution is -2.36. The van der Waals surface area contributed by atoms with Gasteiger partial charge in [0.1, 0.15) is 0 Å². The number of aliphatic hydroxyl groups is 4. The standard InChI is InChI=1S/C34H51NO3.C32H48N2O4/c1-9-10-14-24(3)32(21-28(7)35)29(8)34(38)27(6)20-23(2)19-26(5)33(37)25(4)17-18-31(36)22-30-15-12-11-13-16-30;1-8-9-12-22(3)29(20-30(33)36)26(7)32(38)25(6)18-21(2)17-24(5)31(37)23(4)14-15-28(35)19-27-13-10-11-16-34-27/h9-19,24-27,29,32-34,37-38H,1,7,20-22,35H2,2-6,8H3;8-17,22-26,29,31-32,37-38H,1,18-20H2,2-7H3,(H2,33,36)/b14-10-,18-17-,23-19-;12-9-,15-14-,21-17-. The number of nitrogens with zero attached hydrogens (tertiary/aromatic N) is 1. The summed E-state index contributed by atoms with van der Waals surface area (Å²) >= 11 is 0. The van der Waals surface area contributed by atoms with Crippen molar-refractivity contribution in [3.63, 3.8) is 0 Å². The summed E-state index contributed by atoms with van der Waals surface area (Å²) < 4.78 is 0. The first-order chi connectivity index (χ1) is 35.7. The van der Waals surface area contributed by atoms with Crippen molar-refractivity contribution in [3.8, 4) is 0 Å². The van der Waals surface area contributed by atoms with E-state index < -0.39 is 24.4 Å². The highest BCUT2D eigenvalue weighted by atomic mass is 16.3. The highest BCUT2D eigenvalue weighted by molar-refractivity contribution is 5.91. The Kier molecular flexibility index (Phi) is 32.9. The molecule has 1 amide bonds. The smallest absolute Gasteiger partial charge is 0.217 e. The fourth-order valence-corrected chi connectivity index (χ4v) is 10.4.